The van der Waals surface area contributed by atoms with E-state index in [-0.39, 0.29) is 5.91 Å². The van der Waals surface area contributed by atoms with Crippen molar-refractivity contribution in [3.63, 3.8) is 0 Å². The van der Waals surface area contributed by atoms with Gasteiger partial charge in [0.1, 0.15) is 0 Å². The van der Waals surface area contributed by atoms with E-state index in [9.17, 15) is 9.59 Å². The van der Waals surface area contributed by atoms with Gasteiger partial charge in [0.05, 0.1) is 5.92 Å². The first-order valence-corrected chi connectivity index (χ1v) is 7.61. The smallest absolute Gasteiger partial charge is 0.310 e. The van der Waals surface area contributed by atoms with Crippen molar-refractivity contribution in [2.75, 3.05) is 6.54 Å². The van der Waals surface area contributed by atoms with E-state index in [1.54, 1.807) is 13.8 Å². The molecule has 0 aliphatic carbocycles. The Bertz CT molecular complexity index is 507. The highest BCUT2D eigenvalue weighted by Gasteiger charge is 2.11. The van der Waals surface area contributed by atoms with Gasteiger partial charge in [0.2, 0.25) is 5.91 Å². The molecular formula is C19H29NO3. The second-order valence-corrected chi connectivity index (χ2v) is 4.89. The van der Waals surface area contributed by atoms with Gasteiger partial charge in [-0.25, -0.2) is 0 Å². The molecule has 0 heterocycles. The number of carbonyl (C=O) groups is 2. The minimum absolute atomic E-state index is 0.108. The molecule has 0 aliphatic rings. The molecule has 0 bridgehead atoms. The Morgan fingerprint density at radius 3 is 1.96 bits per heavy atom. The number of carboxylic acids is 1. The Labute approximate surface area is 139 Å². The maximum atomic E-state index is 10.8. The van der Waals surface area contributed by atoms with Crippen LogP contribution in [0.15, 0.2) is 54.6 Å². The molecular weight excluding hydrogens is 290 g/mol. The Balaban J connectivity index is 0. The lowest BCUT2D eigenvalue weighted by atomic mass is 10.0. The lowest BCUT2D eigenvalue weighted by Gasteiger charge is -2.04. The van der Waals surface area contributed by atoms with Crippen LogP contribution in [-0.4, -0.2) is 23.5 Å². The fourth-order valence-corrected chi connectivity index (χ4v) is 1.27. The Morgan fingerprint density at radius 1 is 1.13 bits per heavy atom. The first kappa shape index (κ1) is 22.9. The molecule has 1 aromatic carbocycles. The zero-order valence-electron chi connectivity index (χ0n) is 14.8. The van der Waals surface area contributed by atoms with Gasteiger partial charge >= 0.3 is 5.97 Å². The topological polar surface area (TPSA) is 66.4 Å². The number of amides is 1. The standard InChI is InChI=1S/C9H10O2.C8H13NO.C2H6/c1-7(9(10)11)8-5-3-2-4-6-8;1-6(2)5-9-8(10)7(3)4;1-2/h2-7H,1H3,(H,10,11);1,3,5H2,2,4H3,(H,9,10);1-2H3. The van der Waals surface area contributed by atoms with Gasteiger partial charge in [0.25, 0.3) is 0 Å². The van der Waals surface area contributed by atoms with Crippen molar-refractivity contribution in [2.45, 2.75) is 40.5 Å². The zero-order chi connectivity index (χ0) is 18.4. The molecule has 1 aromatic rings. The van der Waals surface area contributed by atoms with Gasteiger partial charge < -0.3 is 10.4 Å². The molecule has 0 radical (unpaired) electrons. The van der Waals surface area contributed by atoms with Gasteiger partial charge in [-0.15, -0.1) is 0 Å². The second-order valence-electron chi connectivity index (χ2n) is 4.89. The minimum Gasteiger partial charge on any atom is -0.481 e. The zero-order valence-corrected chi connectivity index (χ0v) is 14.8. The minimum atomic E-state index is -0.781. The number of benzene rings is 1. The van der Waals surface area contributed by atoms with Gasteiger partial charge in [-0.3, -0.25) is 9.59 Å². The molecule has 1 unspecified atom stereocenters. The van der Waals surface area contributed by atoms with Crippen LogP contribution < -0.4 is 5.32 Å². The summed E-state index contributed by atoms with van der Waals surface area (Å²) in [4.78, 5) is 21.3. The Morgan fingerprint density at radius 2 is 1.61 bits per heavy atom. The molecule has 4 nitrogen and oxygen atoms in total. The highest BCUT2D eigenvalue weighted by molar-refractivity contribution is 5.92. The number of nitrogens with one attached hydrogen (secondary N) is 1. The summed E-state index contributed by atoms with van der Waals surface area (Å²) in [5.41, 5.74) is 2.32. The van der Waals surface area contributed by atoms with Crippen molar-refractivity contribution in [2.24, 2.45) is 0 Å². The van der Waals surface area contributed by atoms with E-state index in [1.807, 2.05) is 51.1 Å². The number of carbonyl (C=O) groups excluding carboxylic acids is 1. The van der Waals surface area contributed by atoms with Gasteiger partial charge in [-0.05, 0) is 26.3 Å². The Hall–Kier alpha value is -2.36. The van der Waals surface area contributed by atoms with Gasteiger partial charge in [0.15, 0.2) is 0 Å². The maximum Gasteiger partial charge on any atom is 0.310 e. The van der Waals surface area contributed by atoms with Crippen LogP contribution in [-0.2, 0) is 9.59 Å². The van der Waals surface area contributed by atoms with Crippen LogP contribution in [0.3, 0.4) is 0 Å². The van der Waals surface area contributed by atoms with Crippen LogP contribution in [0.1, 0.15) is 46.1 Å². The van der Waals surface area contributed by atoms with Gasteiger partial charge in [-0.2, -0.15) is 0 Å². The van der Waals surface area contributed by atoms with E-state index in [0.717, 1.165) is 11.1 Å². The van der Waals surface area contributed by atoms with E-state index in [4.69, 9.17) is 5.11 Å². The van der Waals surface area contributed by atoms with Crippen molar-refractivity contribution >= 4 is 11.9 Å². The fourth-order valence-electron chi connectivity index (χ4n) is 1.27. The fraction of sp³-hybridized carbons (Fsp3) is 0.368. The molecule has 1 amide bonds. The van der Waals surface area contributed by atoms with Crippen molar-refractivity contribution in [3.8, 4) is 0 Å². The number of aliphatic carboxylic acids is 1. The molecule has 2 N–H and O–H groups in total. The van der Waals surface area contributed by atoms with Crippen molar-refractivity contribution in [1.82, 2.24) is 5.32 Å². The van der Waals surface area contributed by atoms with E-state index >= 15 is 0 Å². The quantitative estimate of drug-likeness (QED) is 0.632. The summed E-state index contributed by atoms with van der Waals surface area (Å²) in [5, 5.41) is 11.3. The van der Waals surface area contributed by atoms with Crippen LogP contribution in [0, 0.1) is 0 Å². The molecule has 23 heavy (non-hydrogen) atoms. The van der Waals surface area contributed by atoms with Crippen molar-refractivity contribution < 1.29 is 14.7 Å². The summed E-state index contributed by atoms with van der Waals surface area (Å²) in [5.74, 6) is -1.30. The largest absolute Gasteiger partial charge is 0.481 e. The molecule has 0 spiro atoms. The third-order valence-electron chi connectivity index (χ3n) is 2.61. The molecule has 0 saturated carbocycles. The van der Waals surface area contributed by atoms with Crippen LogP contribution in [0.5, 0.6) is 0 Å². The van der Waals surface area contributed by atoms with Crippen LogP contribution >= 0.6 is 0 Å². The predicted octanol–water partition coefficient (Wildman–Crippen LogP) is 4.16. The van der Waals surface area contributed by atoms with Crippen LogP contribution in [0.4, 0.5) is 0 Å². The average Bonchev–Trinajstić information content (AvgIpc) is 2.54. The number of carboxylic acid groups (broad SMARTS) is 1. The summed E-state index contributed by atoms with van der Waals surface area (Å²) in [6.45, 7) is 16.9. The normalized spacial score (nSPS) is 9.96. The second kappa shape index (κ2) is 13.3. The molecule has 1 rings (SSSR count). The summed E-state index contributed by atoms with van der Waals surface area (Å²) < 4.78 is 0. The maximum absolute atomic E-state index is 10.8. The van der Waals surface area contributed by atoms with Crippen molar-refractivity contribution in [1.29, 1.82) is 0 Å². The molecule has 1 atom stereocenters. The summed E-state index contributed by atoms with van der Waals surface area (Å²) in [7, 11) is 0. The summed E-state index contributed by atoms with van der Waals surface area (Å²) in [6, 6.07) is 9.19. The highest BCUT2D eigenvalue weighted by Crippen LogP contribution is 2.13. The van der Waals surface area contributed by atoms with Gasteiger partial charge in [0, 0.05) is 12.1 Å². The van der Waals surface area contributed by atoms with Crippen LogP contribution in [0.25, 0.3) is 0 Å². The SMILES string of the molecule is C=C(C)CNC(=O)C(=C)C.CC.CC(C(=O)O)c1ccccc1. The van der Waals surface area contributed by atoms with Crippen molar-refractivity contribution in [3.05, 3.63) is 60.2 Å². The first-order valence-electron chi connectivity index (χ1n) is 7.61. The van der Waals surface area contributed by atoms with E-state index in [1.165, 1.54) is 0 Å². The summed E-state index contributed by atoms with van der Waals surface area (Å²) >= 11 is 0. The lowest BCUT2D eigenvalue weighted by molar-refractivity contribution is -0.138. The monoisotopic (exact) mass is 319 g/mol. The third kappa shape index (κ3) is 11.9. The molecule has 4 heteroatoms. The Kier molecular flexibility index (Phi) is 13.3. The lowest BCUT2D eigenvalue weighted by Crippen LogP contribution is -2.24. The molecule has 0 fully saturated rings. The van der Waals surface area contributed by atoms with Crippen LogP contribution in [0.2, 0.25) is 0 Å². The number of rotatable bonds is 5. The third-order valence-corrected chi connectivity index (χ3v) is 2.61. The van der Waals surface area contributed by atoms with E-state index < -0.39 is 11.9 Å². The van der Waals surface area contributed by atoms with E-state index in [0.29, 0.717) is 12.1 Å². The number of hydrogen-bond donors (Lipinski definition) is 2. The molecule has 0 aromatic heterocycles. The van der Waals surface area contributed by atoms with E-state index in [2.05, 4.69) is 18.5 Å². The summed E-state index contributed by atoms with van der Waals surface area (Å²) in [6.07, 6.45) is 0. The first-order chi connectivity index (χ1) is 10.8. The predicted molar refractivity (Wildman–Crippen MR) is 96.5 cm³/mol. The molecule has 0 saturated heterocycles. The molecule has 0 aliphatic heterocycles. The molecule has 128 valence electrons. The average molecular weight is 319 g/mol. The highest BCUT2D eigenvalue weighted by atomic mass is 16.4. The number of hydrogen-bond acceptors (Lipinski definition) is 2. The van der Waals surface area contributed by atoms with Gasteiger partial charge in [-0.1, -0.05) is 62.9 Å².